The predicted octanol–water partition coefficient (Wildman–Crippen LogP) is 2.95. The number of anilines is 1. The van der Waals surface area contributed by atoms with Gasteiger partial charge in [0.2, 0.25) is 0 Å². The van der Waals surface area contributed by atoms with Crippen molar-refractivity contribution < 1.29 is 4.39 Å². The molecule has 0 aliphatic carbocycles. The number of rotatable bonds is 2. The number of nitrogens with zero attached hydrogens (tertiary/aromatic N) is 2. The van der Waals surface area contributed by atoms with Crippen LogP contribution in [-0.2, 0) is 5.88 Å². The lowest BCUT2D eigenvalue weighted by Gasteiger charge is -2.28. The fraction of sp³-hybridized carbons (Fsp3) is 0.545. The molecule has 82 valence electrons. The Morgan fingerprint density at radius 1 is 1.33 bits per heavy atom. The van der Waals surface area contributed by atoms with Crippen molar-refractivity contribution >= 4 is 17.4 Å². The Balaban J connectivity index is 2.26. The van der Waals surface area contributed by atoms with Crippen molar-refractivity contribution in [1.29, 1.82) is 0 Å². The highest BCUT2D eigenvalue weighted by molar-refractivity contribution is 6.17. The summed E-state index contributed by atoms with van der Waals surface area (Å²) < 4.78 is 13.9. The van der Waals surface area contributed by atoms with Crippen LogP contribution in [0.15, 0.2) is 12.3 Å². The summed E-state index contributed by atoms with van der Waals surface area (Å²) in [4.78, 5) is 6.11. The van der Waals surface area contributed by atoms with Gasteiger partial charge in [-0.25, -0.2) is 9.37 Å². The molecule has 4 heteroatoms. The maximum Gasteiger partial charge on any atom is 0.170 e. The predicted molar refractivity (Wildman–Crippen MR) is 59.8 cm³/mol. The molecule has 2 heterocycles. The number of aromatic nitrogens is 1. The monoisotopic (exact) mass is 228 g/mol. The molecule has 1 aromatic heterocycles. The maximum absolute atomic E-state index is 13.9. The summed E-state index contributed by atoms with van der Waals surface area (Å²) in [7, 11) is 0. The van der Waals surface area contributed by atoms with Crippen LogP contribution in [0.3, 0.4) is 0 Å². The standard InChI is InChI=1S/C11H14ClFN2/c12-8-9-4-5-14-11(10(9)13)15-6-2-1-3-7-15/h4-5H,1-3,6-8H2. The average molecular weight is 229 g/mol. The highest BCUT2D eigenvalue weighted by Gasteiger charge is 2.17. The lowest BCUT2D eigenvalue weighted by molar-refractivity contribution is 0.546. The molecule has 1 aliphatic heterocycles. The molecule has 0 unspecified atom stereocenters. The minimum Gasteiger partial charge on any atom is -0.354 e. The number of hydrogen-bond acceptors (Lipinski definition) is 2. The van der Waals surface area contributed by atoms with E-state index in [1.165, 1.54) is 6.42 Å². The van der Waals surface area contributed by atoms with Gasteiger partial charge in [0.1, 0.15) is 0 Å². The maximum atomic E-state index is 13.9. The van der Waals surface area contributed by atoms with Crippen molar-refractivity contribution in [3.05, 3.63) is 23.6 Å². The van der Waals surface area contributed by atoms with Crippen molar-refractivity contribution in [2.45, 2.75) is 25.1 Å². The van der Waals surface area contributed by atoms with Crippen molar-refractivity contribution in [1.82, 2.24) is 4.98 Å². The molecule has 15 heavy (non-hydrogen) atoms. The smallest absolute Gasteiger partial charge is 0.170 e. The third-order valence-corrected chi connectivity index (χ3v) is 3.04. The largest absolute Gasteiger partial charge is 0.354 e. The van der Waals surface area contributed by atoms with Gasteiger partial charge in [-0.3, -0.25) is 0 Å². The van der Waals surface area contributed by atoms with E-state index in [1.54, 1.807) is 12.3 Å². The van der Waals surface area contributed by atoms with Crippen molar-refractivity contribution in [2.24, 2.45) is 0 Å². The van der Waals surface area contributed by atoms with Crippen LogP contribution in [0.4, 0.5) is 10.2 Å². The van der Waals surface area contributed by atoms with E-state index >= 15 is 0 Å². The van der Waals surface area contributed by atoms with Crippen LogP contribution in [0.5, 0.6) is 0 Å². The molecule has 1 saturated heterocycles. The molecular weight excluding hydrogens is 215 g/mol. The third kappa shape index (κ3) is 2.23. The van der Waals surface area contributed by atoms with Gasteiger partial charge >= 0.3 is 0 Å². The van der Waals surface area contributed by atoms with E-state index < -0.39 is 0 Å². The van der Waals surface area contributed by atoms with Crippen LogP contribution in [-0.4, -0.2) is 18.1 Å². The molecule has 0 atom stereocenters. The van der Waals surface area contributed by atoms with E-state index in [0.717, 1.165) is 25.9 Å². The Hall–Kier alpha value is -0.830. The first-order valence-electron chi connectivity index (χ1n) is 5.27. The summed E-state index contributed by atoms with van der Waals surface area (Å²) in [5, 5.41) is 0. The summed E-state index contributed by atoms with van der Waals surface area (Å²) in [5.41, 5.74) is 0.534. The Morgan fingerprint density at radius 2 is 2.07 bits per heavy atom. The van der Waals surface area contributed by atoms with E-state index in [0.29, 0.717) is 11.4 Å². The molecule has 1 fully saturated rings. The second-order valence-electron chi connectivity index (χ2n) is 3.79. The molecule has 0 N–H and O–H groups in total. The quantitative estimate of drug-likeness (QED) is 0.724. The number of halogens is 2. The Kier molecular flexibility index (Phi) is 3.41. The molecule has 0 spiro atoms. The Bertz CT molecular complexity index is 337. The lowest BCUT2D eigenvalue weighted by atomic mass is 10.1. The molecule has 2 rings (SSSR count). The Morgan fingerprint density at radius 3 is 2.73 bits per heavy atom. The molecule has 0 bridgehead atoms. The highest BCUT2D eigenvalue weighted by atomic mass is 35.5. The normalized spacial score (nSPS) is 16.8. The first-order chi connectivity index (χ1) is 7.33. The molecule has 0 aromatic carbocycles. The summed E-state index contributed by atoms with van der Waals surface area (Å²) in [5.74, 6) is 0.414. The van der Waals surface area contributed by atoms with Crippen LogP contribution in [0.1, 0.15) is 24.8 Å². The van der Waals surface area contributed by atoms with Gasteiger partial charge in [0, 0.05) is 24.8 Å². The van der Waals surface area contributed by atoms with Crippen molar-refractivity contribution in [3.63, 3.8) is 0 Å². The molecule has 0 saturated carbocycles. The summed E-state index contributed by atoms with van der Waals surface area (Å²) in [6.07, 6.45) is 5.09. The highest BCUT2D eigenvalue weighted by Crippen LogP contribution is 2.23. The van der Waals surface area contributed by atoms with Gasteiger partial charge in [-0.1, -0.05) is 0 Å². The Labute approximate surface area is 94.1 Å². The van der Waals surface area contributed by atoms with Crippen LogP contribution in [0, 0.1) is 5.82 Å². The third-order valence-electron chi connectivity index (χ3n) is 2.75. The van der Waals surface area contributed by atoms with Crippen LogP contribution in [0.25, 0.3) is 0 Å². The van der Waals surface area contributed by atoms with E-state index in [-0.39, 0.29) is 11.7 Å². The van der Waals surface area contributed by atoms with E-state index in [2.05, 4.69) is 4.98 Å². The summed E-state index contributed by atoms with van der Waals surface area (Å²) in [6, 6.07) is 1.63. The van der Waals surface area contributed by atoms with Gasteiger partial charge in [-0.05, 0) is 25.3 Å². The first-order valence-corrected chi connectivity index (χ1v) is 5.80. The zero-order valence-electron chi connectivity index (χ0n) is 8.55. The zero-order chi connectivity index (χ0) is 10.7. The summed E-state index contributed by atoms with van der Waals surface area (Å²) in [6.45, 7) is 1.80. The molecule has 0 amide bonds. The SMILES string of the molecule is Fc1c(CCl)ccnc1N1CCCCC1. The van der Waals surface area contributed by atoms with Gasteiger partial charge in [0.25, 0.3) is 0 Å². The first kappa shape index (κ1) is 10.7. The van der Waals surface area contributed by atoms with E-state index in [4.69, 9.17) is 11.6 Å². The fourth-order valence-electron chi connectivity index (χ4n) is 1.90. The summed E-state index contributed by atoms with van der Waals surface area (Å²) >= 11 is 5.66. The molecule has 1 aliphatic rings. The number of pyridine rings is 1. The molecular formula is C11H14ClFN2. The average Bonchev–Trinajstić information content (AvgIpc) is 2.30. The van der Waals surface area contributed by atoms with Gasteiger partial charge in [-0.15, -0.1) is 11.6 Å². The second kappa shape index (κ2) is 4.79. The molecule has 2 nitrogen and oxygen atoms in total. The van der Waals surface area contributed by atoms with E-state index in [1.807, 2.05) is 4.90 Å². The molecule has 1 aromatic rings. The van der Waals surface area contributed by atoms with Crippen LogP contribution >= 0.6 is 11.6 Å². The van der Waals surface area contributed by atoms with Crippen LogP contribution < -0.4 is 4.90 Å². The molecule has 0 radical (unpaired) electrons. The number of piperidine rings is 1. The van der Waals surface area contributed by atoms with Crippen LogP contribution in [0.2, 0.25) is 0 Å². The fourth-order valence-corrected chi connectivity index (χ4v) is 2.11. The minimum absolute atomic E-state index is 0.204. The minimum atomic E-state index is -0.255. The van der Waals surface area contributed by atoms with Crippen molar-refractivity contribution in [2.75, 3.05) is 18.0 Å². The van der Waals surface area contributed by atoms with Gasteiger partial charge in [0.15, 0.2) is 11.6 Å². The topological polar surface area (TPSA) is 16.1 Å². The van der Waals surface area contributed by atoms with Crippen molar-refractivity contribution in [3.8, 4) is 0 Å². The number of alkyl halides is 1. The van der Waals surface area contributed by atoms with Gasteiger partial charge in [-0.2, -0.15) is 0 Å². The number of hydrogen-bond donors (Lipinski definition) is 0. The van der Waals surface area contributed by atoms with Gasteiger partial charge in [0.05, 0.1) is 5.88 Å². The van der Waals surface area contributed by atoms with Gasteiger partial charge < -0.3 is 4.90 Å². The zero-order valence-corrected chi connectivity index (χ0v) is 9.30. The lowest BCUT2D eigenvalue weighted by Crippen LogP contribution is -2.31. The second-order valence-corrected chi connectivity index (χ2v) is 4.06. The van der Waals surface area contributed by atoms with E-state index in [9.17, 15) is 4.39 Å².